The first-order valence-electron chi connectivity index (χ1n) is 30.0. The van der Waals surface area contributed by atoms with Gasteiger partial charge in [0.2, 0.25) is 12.8 Å². The van der Waals surface area contributed by atoms with Crippen LogP contribution in [-0.4, -0.2) is 50.9 Å². The lowest BCUT2D eigenvalue weighted by atomic mass is 9.77. The number of aryl methyl sites for hydroxylation is 2. The zero-order chi connectivity index (χ0) is 58.5. The van der Waals surface area contributed by atoms with Crippen molar-refractivity contribution in [1.29, 1.82) is 0 Å². The number of carbonyl (C=O) groups excluding carboxylic acids is 4. The average molecular weight is 1130 g/mol. The molecule has 85 heavy (non-hydrogen) atoms. The van der Waals surface area contributed by atoms with Gasteiger partial charge in [-0.05, 0) is 147 Å². The fourth-order valence-corrected chi connectivity index (χ4v) is 14.7. The van der Waals surface area contributed by atoms with Gasteiger partial charge in [0, 0.05) is 99.9 Å². The molecule has 6 aliphatic rings. The molecule has 0 N–H and O–H groups in total. The molecule has 0 saturated heterocycles. The molecule has 4 heterocycles. The van der Waals surface area contributed by atoms with Crippen LogP contribution in [0.25, 0.3) is 0 Å². The Morgan fingerprint density at radius 3 is 1.19 bits per heavy atom. The molecule has 0 bridgehead atoms. The van der Waals surface area contributed by atoms with E-state index in [1.165, 1.54) is 38.5 Å². The molecular weight excluding hydrogens is 1060 g/mol. The number of rotatable bonds is 12. The van der Waals surface area contributed by atoms with Gasteiger partial charge in [-0.3, -0.25) is 19.4 Å². The number of fused-ring (bicyclic) bond motifs is 12. The van der Waals surface area contributed by atoms with E-state index in [4.69, 9.17) is 18.9 Å². The van der Waals surface area contributed by atoms with E-state index in [1.807, 2.05) is 135 Å². The third kappa shape index (κ3) is 8.44. The second-order valence-electron chi connectivity index (χ2n) is 24.5. The molecule has 428 valence electrons. The first kappa shape index (κ1) is 53.8. The van der Waals surface area contributed by atoms with Gasteiger partial charge in [-0.1, -0.05) is 113 Å². The quantitative estimate of drug-likeness (QED) is 0.0864. The van der Waals surface area contributed by atoms with Crippen LogP contribution in [-0.2, 0) is 35.7 Å². The molecule has 4 aliphatic heterocycles. The van der Waals surface area contributed by atoms with Crippen LogP contribution < -0.4 is 29.1 Å². The topological polar surface area (TPSA) is 118 Å². The van der Waals surface area contributed by atoms with E-state index in [2.05, 4.69) is 62.0 Å². The highest BCUT2D eigenvalue weighted by molar-refractivity contribution is 5.99. The van der Waals surface area contributed by atoms with Crippen molar-refractivity contribution in [3.05, 3.63) is 224 Å². The van der Waals surface area contributed by atoms with Gasteiger partial charge in [-0.25, -0.2) is 9.59 Å². The highest BCUT2D eigenvalue weighted by Gasteiger charge is 2.56. The summed E-state index contributed by atoms with van der Waals surface area (Å²) in [6.07, 6.45) is 13.6. The Morgan fingerprint density at radius 2 is 0.800 bits per heavy atom. The molecule has 0 aromatic heterocycles. The summed E-state index contributed by atoms with van der Waals surface area (Å²) in [7, 11) is 4.30. The molecule has 2 aliphatic carbocycles. The second-order valence-corrected chi connectivity index (χ2v) is 24.5. The summed E-state index contributed by atoms with van der Waals surface area (Å²) in [5.41, 5.74) is 10.3. The van der Waals surface area contributed by atoms with Crippen LogP contribution in [0.5, 0.6) is 23.0 Å². The molecule has 2 atom stereocenters. The average Bonchev–Trinajstić information content (AvgIpc) is 2.14. The number of carbonyl (C=O) groups is 4. The van der Waals surface area contributed by atoms with Crippen LogP contribution in [0.3, 0.4) is 0 Å². The fourth-order valence-electron chi connectivity index (χ4n) is 14.7. The molecule has 2 amide bonds. The lowest BCUT2D eigenvalue weighted by molar-refractivity contribution is -0.107. The van der Waals surface area contributed by atoms with Crippen molar-refractivity contribution >= 4 is 58.9 Å². The number of hydrogen-bond acceptors (Lipinski definition) is 10. The Morgan fingerprint density at radius 1 is 0.435 bits per heavy atom. The highest BCUT2D eigenvalue weighted by Crippen LogP contribution is 2.60. The zero-order valence-electron chi connectivity index (χ0n) is 48.9. The van der Waals surface area contributed by atoms with Crippen molar-refractivity contribution in [3.63, 3.8) is 0 Å². The van der Waals surface area contributed by atoms with E-state index in [0.29, 0.717) is 80.1 Å². The monoisotopic (exact) mass is 1130 g/mol. The summed E-state index contributed by atoms with van der Waals surface area (Å²) >= 11 is 0. The molecular formula is C73H68N4O8. The first-order valence-corrected chi connectivity index (χ1v) is 30.0. The normalized spacial score (nSPS) is 19.2. The Labute approximate surface area is 496 Å². The molecule has 8 aromatic carbocycles. The van der Waals surface area contributed by atoms with Crippen molar-refractivity contribution in [2.24, 2.45) is 0 Å². The second kappa shape index (κ2) is 20.6. The van der Waals surface area contributed by atoms with Crippen molar-refractivity contribution in [2.45, 2.75) is 121 Å². The van der Waals surface area contributed by atoms with Crippen LogP contribution in [0, 0.1) is 13.8 Å². The van der Waals surface area contributed by atoms with Gasteiger partial charge in [0.15, 0.2) is 11.2 Å². The van der Waals surface area contributed by atoms with Crippen LogP contribution in [0.2, 0.25) is 0 Å². The molecule has 2 saturated carbocycles. The van der Waals surface area contributed by atoms with Gasteiger partial charge in [0.1, 0.15) is 23.0 Å². The van der Waals surface area contributed by atoms with Gasteiger partial charge >= 0.3 is 11.9 Å². The van der Waals surface area contributed by atoms with Crippen LogP contribution in [0.4, 0.5) is 34.1 Å². The Hall–Kier alpha value is -9.16. The van der Waals surface area contributed by atoms with Gasteiger partial charge in [0.05, 0.1) is 22.5 Å². The summed E-state index contributed by atoms with van der Waals surface area (Å²) in [6.45, 7) is 8.22. The smallest absolute Gasteiger partial charge is 0.340 e. The molecule has 2 spiro atoms. The van der Waals surface area contributed by atoms with Gasteiger partial charge in [-0.2, -0.15) is 0 Å². The van der Waals surface area contributed by atoms with E-state index < -0.39 is 28.6 Å². The largest absolute Gasteiger partial charge is 0.456 e. The van der Waals surface area contributed by atoms with Gasteiger partial charge in [-0.15, -0.1) is 0 Å². The van der Waals surface area contributed by atoms with Crippen molar-refractivity contribution < 1.29 is 38.1 Å². The SMILES string of the molecule is Cc1cc2c(cc1N(C=O)c1ccc(C(C)(C)c3ccc(N(C=O)c4cc5c(cc4C)Oc4cc(N(C)C6CCCCC6)ccc4C54OC(=O)c5ccccc54)cc3)cc1)C1(OC(=O)c3ccccc31)c1ccc(N(C)C3CCCCC3)cc1O2. The summed E-state index contributed by atoms with van der Waals surface area (Å²) in [5, 5.41) is 0. The van der Waals surface area contributed by atoms with Crippen LogP contribution in [0.15, 0.2) is 158 Å². The molecule has 0 radical (unpaired) electrons. The van der Waals surface area contributed by atoms with Crippen LogP contribution >= 0.6 is 0 Å². The van der Waals surface area contributed by atoms with E-state index >= 15 is 0 Å². The van der Waals surface area contributed by atoms with Gasteiger partial charge < -0.3 is 28.7 Å². The molecule has 8 aromatic rings. The Bertz CT molecular complexity index is 3770. The zero-order valence-corrected chi connectivity index (χ0v) is 48.9. The van der Waals surface area contributed by atoms with Crippen molar-refractivity contribution in [1.82, 2.24) is 0 Å². The van der Waals surface area contributed by atoms with Crippen molar-refractivity contribution in [2.75, 3.05) is 33.7 Å². The molecule has 14 rings (SSSR count). The minimum absolute atomic E-state index is 0.418. The summed E-state index contributed by atoms with van der Waals surface area (Å²) in [5.74, 6) is 1.53. The van der Waals surface area contributed by atoms with E-state index in [0.717, 1.165) is 94.4 Å². The maximum absolute atomic E-state index is 13.9. The molecule has 12 nitrogen and oxygen atoms in total. The number of anilines is 6. The summed E-state index contributed by atoms with van der Waals surface area (Å²) < 4.78 is 26.8. The minimum Gasteiger partial charge on any atom is -0.456 e. The first-order chi connectivity index (χ1) is 41.2. The standard InChI is InChI=1S/C73H68N4O8/c1-45-37-65-61(72(57-23-15-13-21-55(57)69(80)84-72)59-35-33-53(39-67(59)82-65)74(5)49-17-9-7-10-18-49)41-63(45)76(43-78)51-29-25-47(26-30-51)71(3,4)48-27-31-52(32-28-48)77(44-79)64-42-62-66(38-46(64)2)83-68-40-54(75(6)50-19-11-8-12-20-50)34-36-60(68)73(62)58-24-16-14-22-56(58)70(81)85-73/h13-16,21-44,49-50H,7-12,17-20H2,1-6H3. The Kier molecular flexibility index (Phi) is 13.0. The molecule has 2 fully saturated rings. The third-order valence-electron chi connectivity index (χ3n) is 19.6. The predicted molar refractivity (Wildman–Crippen MR) is 331 cm³/mol. The molecule has 12 heteroatoms. The van der Waals surface area contributed by atoms with Crippen molar-refractivity contribution in [3.8, 4) is 23.0 Å². The maximum Gasteiger partial charge on any atom is 0.340 e. The maximum atomic E-state index is 13.9. The number of nitrogens with zero attached hydrogens (tertiary/aromatic N) is 4. The number of benzene rings is 8. The number of esters is 2. The lowest BCUT2D eigenvalue weighted by Crippen LogP contribution is -2.35. The summed E-state index contributed by atoms with van der Waals surface area (Å²) in [6, 6.07) is 52.1. The van der Waals surface area contributed by atoms with Crippen LogP contribution in [0.1, 0.15) is 154 Å². The predicted octanol–water partition coefficient (Wildman–Crippen LogP) is 15.9. The number of amides is 2. The number of hydrogen-bond donors (Lipinski definition) is 0. The summed E-state index contributed by atoms with van der Waals surface area (Å²) in [4.78, 5) is 62.6. The molecule has 2 unspecified atom stereocenters. The minimum atomic E-state index is -1.32. The lowest BCUT2D eigenvalue weighted by Gasteiger charge is -2.39. The van der Waals surface area contributed by atoms with E-state index in [-0.39, 0.29) is 0 Å². The highest BCUT2D eigenvalue weighted by atomic mass is 16.6. The van der Waals surface area contributed by atoms with E-state index in [9.17, 15) is 19.2 Å². The number of ether oxygens (including phenoxy) is 4. The van der Waals surface area contributed by atoms with E-state index in [1.54, 1.807) is 21.9 Å². The third-order valence-corrected chi connectivity index (χ3v) is 19.6. The van der Waals surface area contributed by atoms with Gasteiger partial charge in [0.25, 0.3) is 0 Å². The fraction of sp³-hybridized carbons (Fsp3) is 0.288. The Balaban J connectivity index is 0.753.